The van der Waals surface area contributed by atoms with Gasteiger partial charge in [0.2, 0.25) is 0 Å². The lowest BCUT2D eigenvalue weighted by molar-refractivity contribution is -0.137. The summed E-state index contributed by atoms with van der Waals surface area (Å²) in [6.45, 7) is 0. The Bertz CT molecular complexity index is 684. The first-order valence-corrected chi connectivity index (χ1v) is 7.90. The van der Waals surface area contributed by atoms with Crippen LogP contribution in [0.5, 0.6) is 0 Å². The Kier molecular flexibility index (Phi) is 5.14. The summed E-state index contributed by atoms with van der Waals surface area (Å²) in [5.74, 6) is 0. The molecule has 2 rings (SSSR count). The Labute approximate surface area is 142 Å². The molecule has 112 valence electrons. The summed E-state index contributed by atoms with van der Waals surface area (Å²) in [5.41, 5.74) is 0.614. The first-order chi connectivity index (χ1) is 9.74. The first-order valence-electron chi connectivity index (χ1n) is 5.65. The van der Waals surface area contributed by atoms with Crippen molar-refractivity contribution in [1.82, 2.24) is 0 Å². The number of halogens is 7. The summed E-state index contributed by atoms with van der Waals surface area (Å²) >= 11 is 21.2. The Hall–Kier alpha value is -0.420. The van der Waals surface area contributed by atoms with Crippen LogP contribution in [0, 0.1) is 0 Å². The highest BCUT2D eigenvalue weighted by Gasteiger charge is 2.31. The molecule has 21 heavy (non-hydrogen) atoms. The molecular weight excluding hydrogens is 411 g/mol. The van der Waals surface area contributed by atoms with Crippen molar-refractivity contribution in [2.24, 2.45) is 0 Å². The van der Waals surface area contributed by atoms with E-state index < -0.39 is 11.7 Å². The van der Waals surface area contributed by atoms with E-state index in [0.29, 0.717) is 27.0 Å². The lowest BCUT2D eigenvalue weighted by atomic mass is 9.98. The molecule has 0 aliphatic heterocycles. The molecule has 0 unspecified atom stereocenters. The third-order valence-corrected chi connectivity index (χ3v) is 4.49. The van der Waals surface area contributed by atoms with Crippen LogP contribution in [0.25, 0.3) is 11.1 Å². The van der Waals surface area contributed by atoms with Gasteiger partial charge in [-0.25, -0.2) is 0 Å². The molecule has 2 aromatic carbocycles. The molecule has 0 N–H and O–H groups in total. The molecule has 0 radical (unpaired) electrons. The average Bonchev–Trinajstić information content (AvgIpc) is 2.41. The van der Waals surface area contributed by atoms with E-state index in [1.165, 1.54) is 18.2 Å². The Morgan fingerprint density at radius 1 is 0.952 bits per heavy atom. The van der Waals surface area contributed by atoms with Gasteiger partial charge in [0.25, 0.3) is 0 Å². The van der Waals surface area contributed by atoms with Crippen LogP contribution < -0.4 is 0 Å². The first kappa shape index (κ1) is 16.9. The van der Waals surface area contributed by atoms with Gasteiger partial charge in [0, 0.05) is 15.9 Å². The summed E-state index contributed by atoms with van der Waals surface area (Å²) in [4.78, 5) is 0. The van der Waals surface area contributed by atoms with Crippen LogP contribution in [-0.2, 0) is 11.5 Å². The largest absolute Gasteiger partial charge is 0.416 e. The van der Waals surface area contributed by atoms with Crippen molar-refractivity contribution >= 4 is 50.7 Å². The number of alkyl halides is 4. The third-order valence-electron chi connectivity index (χ3n) is 2.86. The van der Waals surface area contributed by atoms with Crippen LogP contribution in [-0.4, -0.2) is 0 Å². The van der Waals surface area contributed by atoms with E-state index in [4.69, 9.17) is 34.8 Å². The summed E-state index contributed by atoms with van der Waals surface area (Å²) in [6.07, 6.45) is -4.44. The van der Waals surface area contributed by atoms with Crippen molar-refractivity contribution in [1.29, 1.82) is 0 Å². The minimum absolute atomic E-state index is 0.169. The average molecular weight is 418 g/mol. The van der Waals surface area contributed by atoms with Crippen LogP contribution in [0.15, 0.2) is 30.3 Å². The van der Waals surface area contributed by atoms with Gasteiger partial charge in [-0.1, -0.05) is 56.8 Å². The molecule has 0 atom stereocenters. The van der Waals surface area contributed by atoms with Crippen LogP contribution in [0.3, 0.4) is 0 Å². The smallest absolute Gasteiger partial charge is 0.166 e. The van der Waals surface area contributed by atoms with Gasteiger partial charge in [0.15, 0.2) is 0 Å². The molecule has 0 aliphatic rings. The molecule has 7 heteroatoms. The number of benzene rings is 2. The Balaban J connectivity index is 2.73. The molecule has 0 amide bonds. The van der Waals surface area contributed by atoms with Crippen molar-refractivity contribution in [3.05, 3.63) is 56.5 Å². The van der Waals surface area contributed by atoms with Gasteiger partial charge in [0.1, 0.15) is 0 Å². The molecule has 0 bridgehead atoms. The van der Waals surface area contributed by atoms with Crippen LogP contribution in [0.2, 0.25) is 15.1 Å². The highest BCUT2D eigenvalue weighted by molar-refractivity contribution is 9.08. The fourth-order valence-electron chi connectivity index (χ4n) is 1.87. The molecule has 0 saturated heterocycles. The molecule has 0 aromatic heterocycles. The summed E-state index contributed by atoms with van der Waals surface area (Å²) < 4.78 is 38.6. The molecule has 0 heterocycles. The maximum absolute atomic E-state index is 12.9. The van der Waals surface area contributed by atoms with Gasteiger partial charge in [0.05, 0.1) is 15.6 Å². The SMILES string of the molecule is FC(F)(F)c1ccc(CBr)c(-c2cc(Cl)cc(Cl)c2Cl)c1. The van der Waals surface area contributed by atoms with Gasteiger partial charge in [-0.2, -0.15) is 13.2 Å². The highest BCUT2D eigenvalue weighted by atomic mass is 79.9. The predicted octanol–water partition coefficient (Wildman–Crippen LogP) is 7.23. The standard InChI is InChI=1S/C14H7BrCl3F3/c15-6-7-1-2-8(14(19,20)21)3-10(7)11-4-9(16)5-12(17)13(11)18/h1-5H,6H2. The van der Waals surface area contributed by atoms with E-state index in [2.05, 4.69) is 15.9 Å². The van der Waals surface area contributed by atoms with Crippen LogP contribution >= 0.6 is 50.7 Å². The zero-order valence-electron chi connectivity index (χ0n) is 10.2. The van der Waals surface area contributed by atoms with E-state index >= 15 is 0 Å². The van der Waals surface area contributed by atoms with Gasteiger partial charge in [-0.3, -0.25) is 0 Å². The normalized spacial score (nSPS) is 11.8. The van der Waals surface area contributed by atoms with Gasteiger partial charge >= 0.3 is 6.18 Å². The van der Waals surface area contributed by atoms with Crippen molar-refractivity contribution in [2.45, 2.75) is 11.5 Å². The van der Waals surface area contributed by atoms with Crippen molar-refractivity contribution in [3.8, 4) is 11.1 Å². The Morgan fingerprint density at radius 2 is 1.62 bits per heavy atom. The quantitative estimate of drug-likeness (QED) is 0.357. The fourth-order valence-corrected chi connectivity index (χ4v) is 3.07. The van der Waals surface area contributed by atoms with Crippen molar-refractivity contribution in [3.63, 3.8) is 0 Å². The predicted molar refractivity (Wildman–Crippen MR) is 84.5 cm³/mol. The fraction of sp³-hybridized carbons (Fsp3) is 0.143. The highest BCUT2D eigenvalue weighted by Crippen LogP contribution is 2.40. The zero-order chi connectivity index (χ0) is 15.8. The van der Waals surface area contributed by atoms with E-state index in [1.54, 1.807) is 0 Å². The maximum Gasteiger partial charge on any atom is 0.416 e. The monoisotopic (exact) mass is 416 g/mol. The molecule has 0 fully saturated rings. The Morgan fingerprint density at radius 3 is 2.19 bits per heavy atom. The van der Waals surface area contributed by atoms with Gasteiger partial charge < -0.3 is 0 Å². The van der Waals surface area contributed by atoms with E-state index in [1.807, 2.05) is 0 Å². The summed E-state index contributed by atoms with van der Waals surface area (Å²) in [5, 5.41) is 1.04. The van der Waals surface area contributed by atoms with Crippen molar-refractivity contribution in [2.75, 3.05) is 0 Å². The second-order valence-corrected chi connectivity index (χ2v) is 6.03. The van der Waals surface area contributed by atoms with Crippen LogP contribution in [0.1, 0.15) is 11.1 Å². The molecular formula is C14H7BrCl3F3. The third kappa shape index (κ3) is 3.67. The maximum atomic E-state index is 12.9. The molecule has 2 aromatic rings. The second-order valence-electron chi connectivity index (χ2n) is 4.25. The minimum atomic E-state index is -4.44. The lowest BCUT2D eigenvalue weighted by Crippen LogP contribution is -2.05. The van der Waals surface area contributed by atoms with E-state index in [0.717, 1.165) is 12.1 Å². The second kappa shape index (κ2) is 6.37. The number of hydrogen-bond acceptors (Lipinski definition) is 0. The van der Waals surface area contributed by atoms with Crippen molar-refractivity contribution < 1.29 is 13.2 Å². The molecule has 0 nitrogen and oxygen atoms in total. The van der Waals surface area contributed by atoms with Crippen LogP contribution in [0.4, 0.5) is 13.2 Å². The molecule has 0 spiro atoms. The number of rotatable bonds is 2. The molecule has 0 aliphatic carbocycles. The van der Waals surface area contributed by atoms with E-state index in [9.17, 15) is 13.2 Å². The zero-order valence-corrected chi connectivity index (χ0v) is 14.1. The molecule has 0 saturated carbocycles. The summed E-state index contributed by atoms with van der Waals surface area (Å²) in [7, 11) is 0. The van der Waals surface area contributed by atoms with Gasteiger partial charge in [-0.15, -0.1) is 0 Å². The summed E-state index contributed by atoms with van der Waals surface area (Å²) in [6, 6.07) is 6.41. The van der Waals surface area contributed by atoms with Gasteiger partial charge in [-0.05, 0) is 35.4 Å². The minimum Gasteiger partial charge on any atom is -0.166 e. The lowest BCUT2D eigenvalue weighted by Gasteiger charge is -2.14. The topological polar surface area (TPSA) is 0 Å². The van der Waals surface area contributed by atoms with E-state index in [-0.39, 0.29) is 10.0 Å². The number of hydrogen-bond donors (Lipinski definition) is 0.